The molecule has 2 saturated heterocycles. The molecule has 5 nitrogen and oxygen atoms in total. The zero-order valence-corrected chi connectivity index (χ0v) is 9.80. The summed E-state index contributed by atoms with van der Waals surface area (Å²) in [7, 11) is 0. The van der Waals surface area contributed by atoms with Crippen molar-refractivity contribution < 1.29 is 19.0 Å². The Bertz CT molecular complexity index is 328. The summed E-state index contributed by atoms with van der Waals surface area (Å²) >= 11 is 0. The molecule has 2 fully saturated rings. The van der Waals surface area contributed by atoms with Crippen LogP contribution in [0.2, 0.25) is 0 Å². The fourth-order valence-electron chi connectivity index (χ4n) is 2.46. The molecular weight excluding hydrogens is 210 g/mol. The van der Waals surface area contributed by atoms with E-state index in [0.717, 1.165) is 12.1 Å². The van der Waals surface area contributed by atoms with Crippen molar-refractivity contribution in [3.63, 3.8) is 0 Å². The molecule has 0 aromatic rings. The monoisotopic (exact) mass is 227 g/mol. The van der Waals surface area contributed by atoms with Gasteiger partial charge in [0.2, 0.25) is 0 Å². The second kappa shape index (κ2) is 3.42. The highest BCUT2D eigenvalue weighted by Gasteiger charge is 2.48. The van der Waals surface area contributed by atoms with Crippen LogP contribution in [0.25, 0.3) is 0 Å². The SMILES string of the molecule is CC1C[C@H]2ON=C([C@H]3COC(C)(C)O3)[C@H]2O1. The maximum atomic E-state index is 5.79. The Hall–Kier alpha value is -0.650. The summed E-state index contributed by atoms with van der Waals surface area (Å²) in [5.41, 5.74) is 0.847. The molecule has 1 unspecified atom stereocenters. The zero-order chi connectivity index (χ0) is 11.3. The lowest BCUT2D eigenvalue weighted by Crippen LogP contribution is -2.36. The number of ether oxygens (including phenoxy) is 3. The van der Waals surface area contributed by atoms with E-state index in [4.69, 9.17) is 19.0 Å². The molecular formula is C11H17NO4. The van der Waals surface area contributed by atoms with E-state index in [2.05, 4.69) is 12.1 Å². The smallest absolute Gasteiger partial charge is 0.163 e. The van der Waals surface area contributed by atoms with Gasteiger partial charge in [-0.25, -0.2) is 0 Å². The van der Waals surface area contributed by atoms with Crippen molar-refractivity contribution in [2.45, 2.75) is 57.4 Å². The fourth-order valence-corrected chi connectivity index (χ4v) is 2.46. The van der Waals surface area contributed by atoms with Crippen LogP contribution in [0.3, 0.4) is 0 Å². The van der Waals surface area contributed by atoms with E-state index in [1.54, 1.807) is 0 Å². The molecule has 5 heteroatoms. The van der Waals surface area contributed by atoms with Gasteiger partial charge in [0.25, 0.3) is 0 Å². The molecule has 3 aliphatic rings. The highest BCUT2D eigenvalue weighted by atomic mass is 16.7. The molecule has 0 aliphatic carbocycles. The average Bonchev–Trinajstić information content (AvgIpc) is 2.79. The molecule has 0 saturated carbocycles. The first-order valence-corrected chi connectivity index (χ1v) is 5.76. The summed E-state index contributed by atoms with van der Waals surface area (Å²) in [4.78, 5) is 5.37. The second-order valence-electron chi connectivity index (χ2n) is 5.08. The summed E-state index contributed by atoms with van der Waals surface area (Å²) in [6, 6.07) is 0. The van der Waals surface area contributed by atoms with Crippen LogP contribution in [0, 0.1) is 0 Å². The van der Waals surface area contributed by atoms with Crippen molar-refractivity contribution in [1.82, 2.24) is 0 Å². The Morgan fingerprint density at radius 2 is 2.19 bits per heavy atom. The highest BCUT2D eigenvalue weighted by molar-refractivity contribution is 5.94. The molecule has 0 spiro atoms. The standard InChI is InChI=1S/C11H17NO4/c1-6-4-7-10(14-6)9(12-16-7)8-5-13-11(2,3)15-8/h6-8,10H,4-5H2,1-3H3/t6?,7-,8-,10+/m1/s1. The minimum Gasteiger partial charge on any atom is -0.389 e. The van der Waals surface area contributed by atoms with Crippen molar-refractivity contribution in [2.75, 3.05) is 6.61 Å². The van der Waals surface area contributed by atoms with E-state index in [1.165, 1.54) is 0 Å². The molecule has 0 aromatic heterocycles. The van der Waals surface area contributed by atoms with Gasteiger partial charge in [-0.1, -0.05) is 5.16 Å². The number of rotatable bonds is 1. The van der Waals surface area contributed by atoms with E-state index in [-0.39, 0.29) is 24.4 Å². The Morgan fingerprint density at radius 3 is 2.88 bits per heavy atom. The fraction of sp³-hybridized carbons (Fsp3) is 0.909. The Balaban J connectivity index is 1.72. The maximum Gasteiger partial charge on any atom is 0.163 e. The van der Waals surface area contributed by atoms with Crippen molar-refractivity contribution in [2.24, 2.45) is 5.16 Å². The lowest BCUT2D eigenvalue weighted by molar-refractivity contribution is -0.131. The van der Waals surface area contributed by atoms with Gasteiger partial charge in [0.05, 0.1) is 12.7 Å². The third kappa shape index (κ3) is 1.63. The van der Waals surface area contributed by atoms with Crippen molar-refractivity contribution in [3.8, 4) is 0 Å². The van der Waals surface area contributed by atoms with Crippen LogP contribution in [-0.4, -0.2) is 42.5 Å². The normalized spacial score (nSPS) is 45.3. The number of hydrogen-bond donors (Lipinski definition) is 0. The molecule has 90 valence electrons. The third-order valence-electron chi connectivity index (χ3n) is 3.20. The van der Waals surface area contributed by atoms with Gasteiger partial charge in [0.1, 0.15) is 17.9 Å². The van der Waals surface area contributed by atoms with Gasteiger partial charge in [0, 0.05) is 6.42 Å². The summed E-state index contributed by atoms with van der Waals surface area (Å²) in [5, 5.41) is 4.09. The van der Waals surface area contributed by atoms with Crippen molar-refractivity contribution in [1.29, 1.82) is 0 Å². The molecule has 0 aromatic carbocycles. The quantitative estimate of drug-likeness (QED) is 0.672. The first-order chi connectivity index (χ1) is 7.55. The molecule has 3 rings (SSSR count). The molecule has 3 heterocycles. The zero-order valence-electron chi connectivity index (χ0n) is 9.80. The van der Waals surface area contributed by atoms with E-state index in [0.29, 0.717) is 6.61 Å². The lowest BCUT2D eigenvalue weighted by Gasteiger charge is -2.18. The lowest BCUT2D eigenvalue weighted by atomic mass is 10.0. The van der Waals surface area contributed by atoms with Crippen molar-refractivity contribution >= 4 is 5.71 Å². The van der Waals surface area contributed by atoms with Crippen molar-refractivity contribution in [3.05, 3.63) is 0 Å². The van der Waals surface area contributed by atoms with Gasteiger partial charge < -0.3 is 19.0 Å². The molecule has 0 N–H and O–H groups in total. The third-order valence-corrected chi connectivity index (χ3v) is 3.20. The van der Waals surface area contributed by atoms with Gasteiger partial charge in [-0.3, -0.25) is 0 Å². The van der Waals surface area contributed by atoms with Gasteiger partial charge >= 0.3 is 0 Å². The number of fused-ring (bicyclic) bond motifs is 1. The maximum absolute atomic E-state index is 5.79. The predicted octanol–water partition coefficient (Wildman–Crippen LogP) is 1.07. The topological polar surface area (TPSA) is 49.3 Å². The van der Waals surface area contributed by atoms with Gasteiger partial charge in [-0.15, -0.1) is 0 Å². The number of oxime groups is 1. The average molecular weight is 227 g/mol. The molecule has 0 amide bonds. The Morgan fingerprint density at radius 1 is 1.38 bits per heavy atom. The molecule has 4 atom stereocenters. The van der Waals surface area contributed by atoms with E-state index in [1.807, 2.05) is 13.8 Å². The van der Waals surface area contributed by atoms with Crippen LogP contribution < -0.4 is 0 Å². The minimum atomic E-state index is -0.532. The second-order valence-corrected chi connectivity index (χ2v) is 5.08. The highest BCUT2D eigenvalue weighted by Crippen LogP contribution is 2.33. The minimum absolute atomic E-state index is 0.0440. The Labute approximate surface area is 94.7 Å². The summed E-state index contributed by atoms with van der Waals surface area (Å²) in [6.07, 6.45) is 1.02. The summed E-state index contributed by atoms with van der Waals surface area (Å²) < 4.78 is 17.1. The van der Waals surface area contributed by atoms with E-state index in [9.17, 15) is 0 Å². The van der Waals surface area contributed by atoms with Gasteiger partial charge in [-0.05, 0) is 20.8 Å². The van der Waals surface area contributed by atoms with Crippen LogP contribution in [0.5, 0.6) is 0 Å². The summed E-state index contributed by atoms with van der Waals surface area (Å²) in [5.74, 6) is -0.532. The first kappa shape index (κ1) is 10.5. The number of nitrogens with zero attached hydrogens (tertiary/aromatic N) is 1. The molecule has 16 heavy (non-hydrogen) atoms. The molecule has 3 aliphatic heterocycles. The first-order valence-electron chi connectivity index (χ1n) is 5.76. The van der Waals surface area contributed by atoms with Crippen LogP contribution in [0.4, 0.5) is 0 Å². The van der Waals surface area contributed by atoms with Gasteiger partial charge in [-0.2, -0.15) is 0 Å². The van der Waals surface area contributed by atoms with E-state index >= 15 is 0 Å². The van der Waals surface area contributed by atoms with E-state index < -0.39 is 5.79 Å². The number of hydrogen-bond acceptors (Lipinski definition) is 5. The van der Waals surface area contributed by atoms with Crippen LogP contribution in [0.1, 0.15) is 27.2 Å². The van der Waals surface area contributed by atoms with Crippen LogP contribution >= 0.6 is 0 Å². The Kier molecular flexibility index (Phi) is 2.24. The van der Waals surface area contributed by atoms with Gasteiger partial charge in [0.15, 0.2) is 11.9 Å². The van der Waals surface area contributed by atoms with Crippen LogP contribution in [0.15, 0.2) is 5.16 Å². The largest absolute Gasteiger partial charge is 0.389 e. The molecule has 0 bridgehead atoms. The predicted molar refractivity (Wildman–Crippen MR) is 56.2 cm³/mol. The summed E-state index contributed by atoms with van der Waals surface area (Å²) in [6.45, 7) is 6.38. The van der Waals surface area contributed by atoms with Crippen LogP contribution in [-0.2, 0) is 19.0 Å². The molecule has 0 radical (unpaired) electrons.